The van der Waals surface area contributed by atoms with Crippen molar-refractivity contribution in [3.8, 4) is 10.8 Å². The van der Waals surface area contributed by atoms with Crippen LogP contribution in [0.2, 0.25) is 0 Å². The highest BCUT2D eigenvalue weighted by Gasteiger charge is 2.34. The fourth-order valence-electron chi connectivity index (χ4n) is 3.21. The molecule has 1 aliphatic carbocycles. The first-order valence-corrected chi connectivity index (χ1v) is 9.93. The standard InChI is InChI=1S/C19H23N3O4S/c1-24-16-10-13(11-16)18(23)21-19-20-12-17(27-19)26-15-4-2-14(3-5-15)22-6-8-25-9-7-22/h2-5,12-13,16H,6-11H2,1H3,(H,20,21,23). The number of nitrogens with one attached hydrogen (secondary N) is 1. The maximum absolute atomic E-state index is 12.2. The molecule has 0 unspecified atom stereocenters. The van der Waals surface area contributed by atoms with Gasteiger partial charge in [0.05, 0.1) is 25.5 Å². The summed E-state index contributed by atoms with van der Waals surface area (Å²) in [6.45, 7) is 3.34. The summed E-state index contributed by atoms with van der Waals surface area (Å²) < 4.78 is 16.5. The lowest BCUT2D eigenvalue weighted by atomic mass is 9.82. The van der Waals surface area contributed by atoms with Crippen molar-refractivity contribution < 1.29 is 19.0 Å². The fourth-order valence-corrected chi connectivity index (χ4v) is 3.90. The van der Waals surface area contributed by atoms with Crippen LogP contribution in [0.5, 0.6) is 10.8 Å². The number of anilines is 2. The molecule has 1 aromatic heterocycles. The molecular formula is C19H23N3O4S. The van der Waals surface area contributed by atoms with Gasteiger partial charge in [0.15, 0.2) is 5.13 Å². The summed E-state index contributed by atoms with van der Waals surface area (Å²) in [4.78, 5) is 18.7. The van der Waals surface area contributed by atoms with Crippen molar-refractivity contribution in [2.75, 3.05) is 43.6 Å². The Bertz CT molecular complexity index is 768. The average Bonchev–Trinajstić information content (AvgIpc) is 3.09. The first-order chi connectivity index (χ1) is 13.2. The van der Waals surface area contributed by atoms with Gasteiger partial charge in [0.1, 0.15) is 5.75 Å². The molecule has 1 aliphatic heterocycles. The van der Waals surface area contributed by atoms with Crippen LogP contribution >= 0.6 is 11.3 Å². The van der Waals surface area contributed by atoms with E-state index in [4.69, 9.17) is 14.2 Å². The summed E-state index contributed by atoms with van der Waals surface area (Å²) in [6, 6.07) is 7.99. The van der Waals surface area contributed by atoms with E-state index in [1.54, 1.807) is 13.3 Å². The van der Waals surface area contributed by atoms with E-state index < -0.39 is 0 Å². The average molecular weight is 389 g/mol. The minimum atomic E-state index is -0.000867. The largest absolute Gasteiger partial charge is 0.445 e. The highest BCUT2D eigenvalue weighted by atomic mass is 32.1. The van der Waals surface area contributed by atoms with Gasteiger partial charge in [-0.05, 0) is 37.1 Å². The molecule has 2 fully saturated rings. The van der Waals surface area contributed by atoms with Gasteiger partial charge < -0.3 is 24.4 Å². The van der Waals surface area contributed by atoms with Crippen LogP contribution in [0.1, 0.15) is 12.8 Å². The predicted octanol–water partition coefficient (Wildman–Crippen LogP) is 3.14. The summed E-state index contributed by atoms with van der Waals surface area (Å²) in [5.74, 6) is 0.755. The van der Waals surface area contributed by atoms with Gasteiger partial charge in [-0.2, -0.15) is 0 Å². The molecule has 0 radical (unpaired) electrons. The number of rotatable bonds is 6. The molecule has 1 amide bonds. The Hall–Kier alpha value is -2.16. The van der Waals surface area contributed by atoms with Gasteiger partial charge in [0.2, 0.25) is 11.0 Å². The summed E-state index contributed by atoms with van der Waals surface area (Å²) >= 11 is 1.32. The Morgan fingerprint density at radius 3 is 2.70 bits per heavy atom. The zero-order valence-corrected chi connectivity index (χ0v) is 16.0. The topological polar surface area (TPSA) is 72.9 Å². The zero-order valence-electron chi connectivity index (χ0n) is 15.2. The van der Waals surface area contributed by atoms with Gasteiger partial charge in [-0.3, -0.25) is 4.79 Å². The van der Waals surface area contributed by atoms with Gasteiger partial charge in [-0.25, -0.2) is 4.98 Å². The molecule has 1 saturated carbocycles. The van der Waals surface area contributed by atoms with Gasteiger partial charge in [-0.15, -0.1) is 0 Å². The number of benzene rings is 1. The molecule has 144 valence electrons. The van der Waals surface area contributed by atoms with E-state index in [2.05, 4.69) is 15.2 Å². The molecule has 1 aromatic carbocycles. The summed E-state index contributed by atoms with van der Waals surface area (Å²) in [6.07, 6.45) is 3.38. The van der Waals surface area contributed by atoms with Crippen molar-refractivity contribution in [1.82, 2.24) is 4.98 Å². The quantitative estimate of drug-likeness (QED) is 0.818. The third-order valence-corrected chi connectivity index (χ3v) is 5.74. The smallest absolute Gasteiger partial charge is 0.229 e. The first kappa shape index (κ1) is 18.2. The molecule has 27 heavy (non-hydrogen) atoms. The maximum Gasteiger partial charge on any atom is 0.229 e. The van der Waals surface area contributed by atoms with Crippen LogP contribution < -0.4 is 15.0 Å². The molecule has 0 atom stereocenters. The lowest BCUT2D eigenvalue weighted by molar-refractivity contribution is -0.127. The molecule has 2 aliphatic rings. The summed E-state index contributed by atoms with van der Waals surface area (Å²) in [5, 5.41) is 4.06. The van der Waals surface area contributed by atoms with E-state index in [1.165, 1.54) is 11.3 Å². The van der Waals surface area contributed by atoms with Crippen molar-refractivity contribution in [2.24, 2.45) is 5.92 Å². The number of carbonyl (C=O) groups is 1. The lowest BCUT2D eigenvalue weighted by Gasteiger charge is -2.32. The molecule has 7 nitrogen and oxygen atoms in total. The van der Waals surface area contributed by atoms with Crippen LogP contribution in [0.15, 0.2) is 30.5 Å². The molecule has 1 N–H and O–H groups in total. The van der Waals surface area contributed by atoms with Crippen molar-refractivity contribution in [2.45, 2.75) is 18.9 Å². The molecule has 1 saturated heterocycles. The molecule has 4 rings (SSSR count). The van der Waals surface area contributed by atoms with Crippen molar-refractivity contribution in [1.29, 1.82) is 0 Å². The minimum absolute atomic E-state index is 0.000867. The molecule has 0 spiro atoms. The van der Waals surface area contributed by atoms with Crippen LogP contribution in [-0.2, 0) is 14.3 Å². The number of amides is 1. The molecular weight excluding hydrogens is 366 g/mol. The normalized spacial score (nSPS) is 22.2. The Morgan fingerprint density at radius 1 is 1.26 bits per heavy atom. The van der Waals surface area contributed by atoms with Gasteiger partial charge in [-0.1, -0.05) is 11.3 Å². The number of hydrogen-bond donors (Lipinski definition) is 1. The van der Waals surface area contributed by atoms with Crippen LogP contribution in [0.25, 0.3) is 0 Å². The highest BCUT2D eigenvalue weighted by molar-refractivity contribution is 7.17. The van der Waals surface area contributed by atoms with Crippen molar-refractivity contribution in [3.05, 3.63) is 30.5 Å². The Balaban J connectivity index is 1.30. The van der Waals surface area contributed by atoms with E-state index in [0.717, 1.165) is 50.6 Å². The third-order valence-electron chi connectivity index (χ3n) is 4.94. The number of thiazole rings is 1. The number of hydrogen-bond acceptors (Lipinski definition) is 7. The lowest BCUT2D eigenvalue weighted by Crippen LogP contribution is -2.38. The second-order valence-electron chi connectivity index (χ2n) is 6.70. The van der Waals surface area contributed by atoms with E-state index >= 15 is 0 Å². The number of ether oxygens (including phenoxy) is 3. The number of nitrogens with zero attached hydrogens (tertiary/aromatic N) is 2. The molecule has 2 aromatic rings. The molecule has 8 heteroatoms. The second-order valence-corrected chi connectivity index (χ2v) is 7.69. The molecule has 0 bridgehead atoms. The molecule has 2 heterocycles. The Kier molecular flexibility index (Phi) is 5.56. The van der Waals surface area contributed by atoms with E-state index in [1.807, 2.05) is 24.3 Å². The number of aromatic nitrogens is 1. The Labute approximate surface area is 162 Å². The van der Waals surface area contributed by atoms with Crippen LogP contribution in [0.4, 0.5) is 10.8 Å². The zero-order chi connectivity index (χ0) is 18.6. The summed E-state index contributed by atoms with van der Waals surface area (Å²) in [5.41, 5.74) is 1.16. The highest BCUT2D eigenvalue weighted by Crippen LogP contribution is 2.34. The number of methoxy groups -OCH3 is 1. The number of carbonyl (C=O) groups excluding carboxylic acids is 1. The monoisotopic (exact) mass is 389 g/mol. The first-order valence-electron chi connectivity index (χ1n) is 9.11. The van der Waals surface area contributed by atoms with Crippen LogP contribution in [0, 0.1) is 5.92 Å². The summed E-state index contributed by atoms with van der Waals surface area (Å²) in [7, 11) is 1.68. The third kappa shape index (κ3) is 4.40. The van der Waals surface area contributed by atoms with Gasteiger partial charge in [0.25, 0.3) is 0 Å². The van der Waals surface area contributed by atoms with Gasteiger partial charge in [0, 0.05) is 31.8 Å². The van der Waals surface area contributed by atoms with Crippen LogP contribution in [-0.4, -0.2) is 50.4 Å². The van der Waals surface area contributed by atoms with E-state index in [-0.39, 0.29) is 17.9 Å². The number of morpholine rings is 1. The fraction of sp³-hybridized carbons (Fsp3) is 0.474. The maximum atomic E-state index is 12.2. The van der Waals surface area contributed by atoms with Crippen LogP contribution in [0.3, 0.4) is 0 Å². The Morgan fingerprint density at radius 2 is 2.00 bits per heavy atom. The SMILES string of the molecule is COC1CC(C(=O)Nc2ncc(Oc3ccc(N4CCOCC4)cc3)s2)C1. The minimum Gasteiger partial charge on any atom is -0.445 e. The van der Waals surface area contributed by atoms with Crippen molar-refractivity contribution in [3.63, 3.8) is 0 Å². The van der Waals surface area contributed by atoms with Crippen molar-refractivity contribution >= 4 is 28.1 Å². The van der Waals surface area contributed by atoms with E-state index in [9.17, 15) is 4.79 Å². The predicted molar refractivity (Wildman–Crippen MR) is 104 cm³/mol. The second kappa shape index (κ2) is 8.24. The van der Waals surface area contributed by atoms with Gasteiger partial charge >= 0.3 is 0 Å². The van der Waals surface area contributed by atoms with E-state index in [0.29, 0.717) is 10.2 Å².